The van der Waals surface area contributed by atoms with Gasteiger partial charge < -0.3 is 14.6 Å². The molecule has 0 amide bonds. The normalized spacial score (nSPS) is 11.4. The topological polar surface area (TPSA) is 163 Å². The van der Waals surface area contributed by atoms with Gasteiger partial charge in [0.1, 0.15) is 23.3 Å². The average molecular weight is 427 g/mol. The first kappa shape index (κ1) is 21.2. The third kappa shape index (κ3) is 4.10. The smallest absolute Gasteiger partial charge is 0.243 e. The number of nitrogens with zero attached hydrogens (tertiary/aromatic N) is 4. The number of nitrogens with one attached hydrogen (secondary N) is 1. The first-order valence-corrected chi connectivity index (χ1v) is 10.2. The van der Waals surface area contributed by atoms with Gasteiger partial charge in [0.25, 0.3) is 0 Å². The van der Waals surface area contributed by atoms with Gasteiger partial charge in [-0.3, -0.25) is 5.43 Å². The number of benzene rings is 2. The van der Waals surface area contributed by atoms with E-state index in [1.807, 2.05) is 0 Å². The number of nitriles is 2. The fourth-order valence-electron chi connectivity index (χ4n) is 2.91. The molecule has 3 N–H and O–H groups in total. The van der Waals surface area contributed by atoms with Crippen LogP contribution < -0.4 is 5.43 Å². The SMILES string of the molecule is N#CC(C#N)=NNc1ccc2c(c1)oc1ccc(S(=O)(=O)N(CCO)CCO)cc12. The summed E-state index contributed by atoms with van der Waals surface area (Å²) < 4.78 is 32.5. The summed E-state index contributed by atoms with van der Waals surface area (Å²) in [4.78, 5) is 0.0130. The third-order valence-corrected chi connectivity index (χ3v) is 6.18. The van der Waals surface area contributed by atoms with E-state index in [0.29, 0.717) is 27.6 Å². The Labute approximate surface area is 171 Å². The molecule has 0 aliphatic rings. The molecule has 1 heterocycles. The highest BCUT2D eigenvalue weighted by Crippen LogP contribution is 2.32. The highest BCUT2D eigenvalue weighted by Gasteiger charge is 2.24. The van der Waals surface area contributed by atoms with Gasteiger partial charge in [-0.15, -0.1) is 0 Å². The Balaban J connectivity index is 2.02. The van der Waals surface area contributed by atoms with E-state index in [1.165, 1.54) is 18.2 Å². The van der Waals surface area contributed by atoms with Gasteiger partial charge in [-0.1, -0.05) is 0 Å². The van der Waals surface area contributed by atoms with Gasteiger partial charge in [0, 0.05) is 29.9 Å². The predicted molar refractivity (Wildman–Crippen MR) is 109 cm³/mol. The number of rotatable bonds is 8. The molecule has 1 aromatic heterocycles. The molecular weight excluding hydrogens is 410 g/mol. The maximum Gasteiger partial charge on any atom is 0.243 e. The van der Waals surface area contributed by atoms with E-state index >= 15 is 0 Å². The number of furan rings is 1. The summed E-state index contributed by atoms with van der Waals surface area (Å²) in [6.07, 6.45) is 0. The van der Waals surface area contributed by atoms with Crippen molar-refractivity contribution < 1.29 is 23.0 Å². The number of aliphatic hydroxyl groups is 2. The molecule has 0 fully saturated rings. The Hall–Kier alpha value is -3.48. The molecule has 0 aliphatic carbocycles. The summed E-state index contributed by atoms with van der Waals surface area (Å²) >= 11 is 0. The minimum Gasteiger partial charge on any atom is -0.456 e. The van der Waals surface area contributed by atoms with Crippen LogP contribution in [0.4, 0.5) is 5.69 Å². The monoisotopic (exact) mass is 427 g/mol. The van der Waals surface area contributed by atoms with Crippen LogP contribution in [-0.4, -0.2) is 55.0 Å². The molecule has 3 aromatic rings. The molecule has 0 aliphatic heterocycles. The maximum atomic E-state index is 12.9. The van der Waals surface area contributed by atoms with Crippen LogP contribution in [0.2, 0.25) is 0 Å². The van der Waals surface area contributed by atoms with E-state index in [-0.39, 0.29) is 36.9 Å². The largest absolute Gasteiger partial charge is 0.456 e. The van der Waals surface area contributed by atoms with Crippen LogP contribution in [0.15, 0.2) is 50.8 Å². The zero-order chi connectivity index (χ0) is 21.7. The zero-order valence-corrected chi connectivity index (χ0v) is 16.4. The van der Waals surface area contributed by atoms with Gasteiger partial charge in [0.05, 0.1) is 23.8 Å². The molecule has 0 radical (unpaired) electrons. The molecule has 0 spiro atoms. The van der Waals surface area contributed by atoms with Crippen molar-refractivity contribution >= 4 is 43.4 Å². The maximum absolute atomic E-state index is 12.9. The van der Waals surface area contributed by atoms with Gasteiger partial charge >= 0.3 is 0 Å². The van der Waals surface area contributed by atoms with Crippen molar-refractivity contribution in [3.63, 3.8) is 0 Å². The second-order valence-corrected chi connectivity index (χ2v) is 8.06. The van der Waals surface area contributed by atoms with Gasteiger partial charge in [-0.05, 0) is 30.3 Å². The summed E-state index contributed by atoms with van der Waals surface area (Å²) in [5, 5.41) is 40.6. The second kappa shape index (κ2) is 8.90. The molecular formula is C19H17N5O5S. The van der Waals surface area contributed by atoms with Crippen LogP contribution in [-0.2, 0) is 10.0 Å². The first-order valence-electron chi connectivity index (χ1n) is 8.76. The van der Waals surface area contributed by atoms with Gasteiger partial charge in [0.15, 0.2) is 0 Å². The number of hydrogen-bond acceptors (Lipinski definition) is 9. The van der Waals surface area contributed by atoms with Crippen LogP contribution in [0.5, 0.6) is 0 Å². The molecule has 0 bridgehead atoms. The Morgan fingerprint density at radius 3 is 2.37 bits per heavy atom. The van der Waals surface area contributed by atoms with Crippen LogP contribution in [0.1, 0.15) is 0 Å². The van der Waals surface area contributed by atoms with E-state index < -0.39 is 10.0 Å². The third-order valence-electron chi connectivity index (χ3n) is 4.29. The van der Waals surface area contributed by atoms with Crippen LogP contribution in [0.25, 0.3) is 21.9 Å². The standard InChI is InChI=1S/C19H17N5O5S/c20-11-14(12-21)23-22-13-1-3-16-17-10-15(2-4-18(17)29-19(16)9-13)30(27,28)24(5-7-25)6-8-26/h1-4,9-10,22,25-26H,5-8H2. The van der Waals surface area contributed by atoms with E-state index in [1.54, 1.807) is 30.3 Å². The fourth-order valence-corrected chi connectivity index (χ4v) is 4.36. The molecule has 30 heavy (non-hydrogen) atoms. The summed E-state index contributed by atoms with van der Waals surface area (Å²) in [7, 11) is -3.92. The molecule has 0 saturated carbocycles. The number of sulfonamides is 1. The summed E-state index contributed by atoms with van der Waals surface area (Å²) in [6.45, 7) is -0.993. The zero-order valence-electron chi connectivity index (χ0n) is 15.6. The van der Waals surface area contributed by atoms with E-state index in [0.717, 1.165) is 4.31 Å². The van der Waals surface area contributed by atoms with Crippen LogP contribution in [0.3, 0.4) is 0 Å². The molecule has 2 aromatic carbocycles. The van der Waals surface area contributed by atoms with Crippen molar-refractivity contribution in [2.75, 3.05) is 31.7 Å². The lowest BCUT2D eigenvalue weighted by Crippen LogP contribution is -2.35. The number of aliphatic hydroxyl groups excluding tert-OH is 2. The lowest BCUT2D eigenvalue weighted by atomic mass is 10.1. The number of hydrazone groups is 1. The predicted octanol–water partition coefficient (Wildman–Crippen LogP) is 1.38. The van der Waals surface area contributed by atoms with Crippen molar-refractivity contribution in [3.8, 4) is 12.1 Å². The molecule has 0 saturated heterocycles. The molecule has 0 unspecified atom stereocenters. The summed E-state index contributed by atoms with van der Waals surface area (Å²) in [6, 6.07) is 12.7. The van der Waals surface area contributed by atoms with Crippen molar-refractivity contribution in [1.82, 2.24) is 4.31 Å². The quantitative estimate of drug-likeness (QED) is 0.358. The summed E-state index contributed by atoms with van der Waals surface area (Å²) in [5.74, 6) is 0. The van der Waals surface area contributed by atoms with Gasteiger partial charge in [-0.25, -0.2) is 8.42 Å². The highest BCUT2D eigenvalue weighted by molar-refractivity contribution is 7.89. The second-order valence-electron chi connectivity index (χ2n) is 6.12. The van der Waals surface area contributed by atoms with Crippen molar-refractivity contribution in [2.45, 2.75) is 4.90 Å². The van der Waals surface area contributed by atoms with Gasteiger partial charge in [-0.2, -0.15) is 19.9 Å². The minimum atomic E-state index is -3.92. The Morgan fingerprint density at radius 1 is 1.03 bits per heavy atom. The lowest BCUT2D eigenvalue weighted by Gasteiger charge is -2.20. The lowest BCUT2D eigenvalue weighted by molar-refractivity contribution is 0.217. The summed E-state index contributed by atoms with van der Waals surface area (Å²) in [5.41, 5.74) is 3.67. The fraction of sp³-hybridized carbons (Fsp3) is 0.211. The van der Waals surface area contributed by atoms with Crippen molar-refractivity contribution in [3.05, 3.63) is 36.4 Å². The Bertz CT molecular complexity index is 1280. The average Bonchev–Trinajstić information content (AvgIpc) is 3.11. The van der Waals surface area contributed by atoms with Crippen molar-refractivity contribution in [1.29, 1.82) is 10.5 Å². The molecule has 10 nitrogen and oxygen atoms in total. The van der Waals surface area contributed by atoms with E-state index in [4.69, 9.17) is 25.2 Å². The van der Waals surface area contributed by atoms with Crippen molar-refractivity contribution in [2.24, 2.45) is 5.10 Å². The molecule has 0 atom stereocenters. The number of fused-ring (bicyclic) bond motifs is 3. The van der Waals surface area contributed by atoms with Crippen LogP contribution in [0, 0.1) is 22.7 Å². The number of anilines is 1. The van der Waals surface area contributed by atoms with E-state index in [2.05, 4.69) is 10.5 Å². The number of hydrogen-bond donors (Lipinski definition) is 3. The Kier molecular flexibility index (Phi) is 6.30. The van der Waals surface area contributed by atoms with Gasteiger partial charge in [0.2, 0.25) is 15.7 Å². The highest BCUT2D eigenvalue weighted by atomic mass is 32.2. The van der Waals surface area contributed by atoms with E-state index in [9.17, 15) is 8.42 Å². The molecule has 154 valence electrons. The molecule has 11 heteroatoms. The molecule has 3 rings (SSSR count). The Morgan fingerprint density at radius 2 is 1.73 bits per heavy atom. The van der Waals surface area contributed by atoms with Crippen LogP contribution >= 0.6 is 0 Å². The first-order chi connectivity index (χ1) is 14.4. The minimum absolute atomic E-state index is 0.0130.